The van der Waals surface area contributed by atoms with Crippen molar-refractivity contribution in [2.24, 2.45) is 5.92 Å². The Morgan fingerprint density at radius 3 is 2.66 bits per heavy atom. The number of aromatic nitrogens is 1. The molecule has 8 nitrogen and oxygen atoms in total. The van der Waals surface area contributed by atoms with Gasteiger partial charge in [-0.3, -0.25) is 14.9 Å². The number of hydrogen-bond acceptors (Lipinski definition) is 8. The number of para-hydroxylation sites is 3. The summed E-state index contributed by atoms with van der Waals surface area (Å²) >= 11 is 1.48. The van der Waals surface area contributed by atoms with Gasteiger partial charge in [-0.05, 0) is 31.0 Å². The monoisotopic (exact) mass is 453 g/mol. The molecule has 1 saturated heterocycles. The number of ether oxygens (including phenoxy) is 2. The first-order valence-corrected chi connectivity index (χ1v) is 11.2. The van der Waals surface area contributed by atoms with E-state index in [1.165, 1.54) is 17.4 Å². The van der Waals surface area contributed by atoms with E-state index >= 15 is 0 Å². The maximum atomic E-state index is 12.6. The van der Waals surface area contributed by atoms with Crippen LogP contribution in [0.4, 0.5) is 11.4 Å². The number of nitro groups is 1. The van der Waals surface area contributed by atoms with Crippen LogP contribution in [0.25, 0.3) is 10.6 Å². The van der Waals surface area contributed by atoms with E-state index in [1.54, 1.807) is 25.3 Å². The van der Waals surface area contributed by atoms with Crippen molar-refractivity contribution < 1.29 is 19.2 Å². The lowest BCUT2D eigenvalue weighted by molar-refractivity contribution is -0.384. The third-order valence-electron chi connectivity index (χ3n) is 5.50. The van der Waals surface area contributed by atoms with Gasteiger partial charge in [0.1, 0.15) is 23.1 Å². The first-order chi connectivity index (χ1) is 15.6. The van der Waals surface area contributed by atoms with Crippen molar-refractivity contribution in [1.29, 1.82) is 0 Å². The number of anilines is 1. The molecule has 0 amide bonds. The zero-order valence-electron chi connectivity index (χ0n) is 17.6. The third kappa shape index (κ3) is 4.72. The molecule has 2 aromatic carbocycles. The Hall–Kier alpha value is -3.46. The largest absolute Gasteiger partial charge is 0.496 e. The van der Waals surface area contributed by atoms with Crippen LogP contribution in [0.1, 0.15) is 18.5 Å². The number of carbonyl (C=O) groups excluding carboxylic acids is 1. The number of carbonyl (C=O) groups is 1. The minimum absolute atomic E-state index is 0.0860. The van der Waals surface area contributed by atoms with E-state index in [0.29, 0.717) is 37.3 Å². The van der Waals surface area contributed by atoms with Gasteiger partial charge in [-0.25, -0.2) is 4.98 Å². The van der Waals surface area contributed by atoms with Crippen LogP contribution in [0.5, 0.6) is 5.75 Å². The van der Waals surface area contributed by atoms with Crippen molar-refractivity contribution in [2.75, 3.05) is 25.1 Å². The molecule has 0 saturated carbocycles. The lowest BCUT2D eigenvalue weighted by Crippen LogP contribution is -2.37. The van der Waals surface area contributed by atoms with E-state index < -0.39 is 0 Å². The molecule has 2 heterocycles. The molecule has 0 atom stereocenters. The van der Waals surface area contributed by atoms with Crippen LogP contribution in [0.3, 0.4) is 0 Å². The summed E-state index contributed by atoms with van der Waals surface area (Å²) in [4.78, 5) is 30.0. The summed E-state index contributed by atoms with van der Waals surface area (Å²) in [6.45, 7) is 1.26. The molecule has 32 heavy (non-hydrogen) atoms. The molecule has 1 aliphatic rings. The number of piperidine rings is 1. The predicted octanol–water partition coefficient (Wildman–Crippen LogP) is 4.69. The predicted molar refractivity (Wildman–Crippen MR) is 122 cm³/mol. The normalized spacial score (nSPS) is 14.2. The second-order valence-corrected chi connectivity index (χ2v) is 8.32. The van der Waals surface area contributed by atoms with Crippen molar-refractivity contribution in [2.45, 2.75) is 19.4 Å². The van der Waals surface area contributed by atoms with Crippen LogP contribution in [-0.4, -0.2) is 36.1 Å². The van der Waals surface area contributed by atoms with Gasteiger partial charge >= 0.3 is 5.97 Å². The highest BCUT2D eigenvalue weighted by Crippen LogP contribution is 2.33. The highest BCUT2D eigenvalue weighted by Gasteiger charge is 2.29. The SMILES string of the molecule is COc1ccccc1-c1nc(COC(=O)C2CCN(c3ccccc3[N+](=O)[O-])CC2)cs1. The number of nitrogens with zero attached hydrogens (tertiary/aromatic N) is 3. The zero-order chi connectivity index (χ0) is 22.5. The van der Waals surface area contributed by atoms with Crippen molar-refractivity contribution in [1.82, 2.24) is 4.98 Å². The molecule has 0 radical (unpaired) electrons. The van der Waals surface area contributed by atoms with Gasteiger partial charge in [-0.2, -0.15) is 0 Å². The third-order valence-corrected chi connectivity index (χ3v) is 6.42. The Morgan fingerprint density at radius 1 is 1.19 bits per heavy atom. The highest BCUT2D eigenvalue weighted by molar-refractivity contribution is 7.13. The first kappa shape index (κ1) is 21.8. The van der Waals surface area contributed by atoms with Crippen LogP contribution in [-0.2, 0) is 16.1 Å². The smallest absolute Gasteiger partial charge is 0.309 e. The van der Waals surface area contributed by atoms with E-state index in [0.717, 1.165) is 16.3 Å². The number of methoxy groups -OCH3 is 1. The van der Waals surface area contributed by atoms with Crippen molar-refractivity contribution in [3.63, 3.8) is 0 Å². The summed E-state index contributed by atoms with van der Waals surface area (Å²) in [5, 5.41) is 14.0. The van der Waals surface area contributed by atoms with Gasteiger partial charge in [0.15, 0.2) is 0 Å². The summed E-state index contributed by atoms with van der Waals surface area (Å²) in [5.74, 6) is 0.274. The molecule has 0 spiro atoms. The molecule has 0 N–H and O–H groups in total. The van der Waals surface area contributed by atoms with Crippen LogP contribution in [0.2, 0.25) is 0 Å². The molecular formula is C23H23N3O5S. The molecule has 0 bridgehead atoms. The van der Waals surface area contributed by atoms with Gasteiger partial charge in [-0.15, -0.1) is 11.3 Å². The van der Waals surface area contributed by atoms with Crippen LogP contribution in [0.15, 0.2) is 53.9 Å². The van der Waals surface area contributed by atoms with E-state index in [4.69, 9.17) is 9.47 Å². The van der Waals surface area contributed by atoms with Crippen molar-refractivity contribution in [3.8, 4) is 16.3 Å². The molecule has 1 aromatic heterocycles. The summed E-state index contributed by atoms with van der Waals surface area (Å²) in [6, 6.07) is 14.3. The fourth-order valence-electron chi connectivity index (χ4n) is 3.82. The average Bonchev–Trinajstić information content (AvgIpc) is 3.31. The first-order valence-electron chi connectivity index (χ1n) is 10.3. The van der Waals surface area contributed by atoms with Gasteiger partial charge in [0.25, 0.3) is 5.69 Å². The summed E-state index contributed by atoms with van der Waals surface area (Å²) in [6.07, 6.45) is 1.18. The molecule has 1 fully saturated rings. The van der Waals surface area contributed by atoms with E-state index in [2.05, 4.69) is 4.98 Å². The van der Waals surface area contributed by atoms with Crippen molar-refractivity contribution in [3.05, 3.63) is 69.7 Å². The minimum Gasteiger partial charge on any atom is -0.496 e. The number of nitro benzene ring substituents is 1. The lowest BCUT2D eigenvalue weighted by atomic mass is 9.96. The Bertz CT molecular complexity index is 1110. The topological polar surface area (TPSA) is 94.8 Å². The molecule has 9 heteroatoms. The summed E-state index contributed by atoms with van der Waals surface area (Å²) in [7, 11) is 1.62. The van der Waals surface area contributed by atoms with Crippen LogP contribution < -0.4 is 9.64 Å². The van der Waals surface area contributed by atoms with E-state index in [-0.39, 0.29) is 29.1 Å². The number of hydrogen-bond donors (Lipinski definition) is 0. The highest BCUT2D eigenvalue weighted by atomic mass is 32.1. The quantitative estimate of drug-likeness (QED) is 0.291. The van der Waals surface area contributed by atoms with E-state index in [1.807, 2.05) is 34.5 Å². The Morgan fingerprint density at radius 2 is 1.91 bits per heavy atom. The zero-order valence-corrected chi connectivity index (χ0v) is 18.4. The summed E-state index contributed by atoms with van der Waals surface area (Å²) < 4.78 is 10.9. The fourth-order valence-corrected chi connectivity index (χ4v) is 4.66. The standard InChI is InChI=1S/C23H23N3O5S/c1-30-21-9-5-2-6-18(21)22-24-17(15-32-22)14-31-23(27)16-10-12-25(13-11-16)19-7-3-4-8-20(19)26(28)29/h2-9,15-16H,10-14H2,1H3. The van der Waals surface area contributed by atoms with Gasteiger partial charge in [0.05, 0.1) is 29.2 Å². The van der Waals surface area contributed by atoms with Crippen LogP contribution in [0, 0.1) is 16.0 Å². The maximum absolute atomic E-state index is 12.6. The Balaban J connectivity index is 1.32. The Labute approximate surface area is 189 Å². The molecule has 1 aliphatic heterocycles. The molecule has 0 aliphatic carbocycles. The Kier molecular flexibility index (Phi) is 6.65. The number of thiazole rings is 1. The number of benzene rings is 2. The fraction of sp³-hybridized carbons (Fsp3) is 0.304. The molecular weight excluding hydrogens is 430 g/mol. The molecule has 166 valence electrons. The number of esters is 1. The summed E-state index contributed by atoms with van der Waals surface area (Å²) in [5.41, 5.74) is 2.28. The average molecular weight is 454 g/mol. The second-order valence-electron chi connectivity index (χ2n) is 7.46. The number of rotatable bonds is 7. The van der Waals surface area contributed by atoms with Crippen LogP contribution >= 0.6 is 11.3 Å². The van der Waals surface area contributed by atoms with Gasteiger partial charge in [0, 0.05) is 24.5 Å². The minimum atomic E-state index is -0.372. The second kappa shape index (κ2) is 9.78. The van der Waals surface area contributed by atoms with Gasteiger partial charge < -0.3 is 14.4 Å². The van der Waals surface area contributed by atoms with Gasteiger partial charge in [-0.1, -0.05) is 24.3 Å². The molecule has 0 unspecified atom stereocenters. The van der Waals surface area contributed by atoms with E-state index in [9.17, 15) is 14.9 Å². The lowest BCUT2D eigenvalue weighted by Gasteiger charge is -2.32. The molecule has 3 aromatic rings. The van der Waals surface area contributed by atoms with Crippen molar-refractivity contribution >= 4 is 28.7 Å². The van der Waals surface area contributed by atoms with Gasteiger partial charge in [0.2, 0.25) is 0 Å². The molecule has 4 rings (SSSR count). The maximum Gasteiger partial charge on any atom is 0.309 e.